The summed E-state index contributed by atoms with van der Waals surface area (Å²) in [6.07, 6.45) is 0.865. The second-order valence-corrected chi connectivity index (χ2v) is 10.5. The van der Waals surface area contributed by atoms with Crippen LogP contribution in [0.25, 0.3) is 4.13 Å². The Morgan fingerprint density at radius 3 is 1.69 bits per heavy atom. The maximum atomic E-state index is 11.6. The van der Waals surface area contributed by atoms with Crippen molar-refractivity contribution in [2.75, 3.05) is 40.0 Å². The van der Waals surface area contributed by atoms with E-state index < -0.39 is 31.1 Å². The first-order valence-corrected chi connectivity index (χ1v) is 11.2. The molecule has 0 bridgehead atoms. The molecule has 0 radical (unpaired) electrons. The molecule has 0 atom stereocenters. The number of nitrogens with two attached hydrogens (primary N) is 1. The fourth-order valence-electron chi connectivity index (χ4n) is 1.62. The van der Waals surface area contributed by atoms with E-state index in [0.717, 1.165) is 21.6 Å². The van der Waals surface area contributed by atoms with Crippen LogP contribution in [-0.4, -0.2) is 72.6 Å². The van der Waals surface area contributed by atoms with E-state index in [-0.39, 0.29) is 5.97 Å². The van der Waals surface area contributed by atoms with E-state index in [1.807, 2.05) is 0 Å². The first-order chi connectivity index (χ1) is 14.1. The van der Waals surface area contributed by atoms with E-state index in [0.29, 0.717) is 17.9 Å². The molecule has 0 aliphatic carbocycles. The minimum atomic E-state index is -6.72. The first kappa shape index (κ1) is 29.9. The number of alkyl halides is 6. The average molecular weight is 517 g/mol. The molecule has 0 unspecified atom stereocenters. The van der Waals surface area contributed by atoms with E-state index in [1.165, 1.54) is 0 Å². The predicted molar refractivity (Wildman–Crippen MR) is 102 cm³/mol. The summed E-state index contributed by atoms with van der Waals surface area (Å²) < 4.78 is 115. The van der Waals surface area contributed by atoms with Crippen LogP contribution in [0, 0.1) is 0 Å². The van der Waals surface area contributed by atoms with Crippen LogP contribution < -0.4 is 5.73 Å². The van der Waals surface area contributed by atoms with Gasteiger partial charge in [-0.05, 0) is 24.3 Å². The highest BCUT2D eigenvalue weighted by atomic mass is 32.3. The molecule has 0 fully saturated rings. The highest BCUT2D eigenvalue weighted by Crippen LogP contribution is 2.36. The molecule has 0 aliphatic rings. The average Bonchev–Trinajstić information content (AvgIpc) is 2.56. The number of carbonyl (C=O) groups excluding carboxylic acids is 1. The van der Waals surface area contributed by atoms with Crippen molar-refractivity contribution in [2.45, 2.75) is 17.4 Å². The smallest absolute Gasteiger partial charge is 0.462 e. The third kappa shape index (κ3) is 10.5. The van der Waals surface area contributed by atoms with Gasteiger partial charge in [-0.15, -0.1) is 0 Å². The molecular formula is C15H21F6N3O6S2. The Morgan fingerprint density at radius 2 is 1.34 bits per heavy atom. The Balaban J connectivity index is 0.000000607. The second kappa shape index (κ2) is 10.7. The van der Waals surface area contributed by atoms with Gasteiger partial charge in [-0.2, -0.15) is 26.3 Å². The Bertz CT molecular complexity index is 927. The van der Waals surface area contributed by atoms with Gasteiger partial charge in [0.05, 0.1) is 39.9 Å². The summed E-state index contributed by atoms with van der Waals surface area (Å²) in [5.74, 6) is -0.286. The topological polar surface area (TPSA) is 135 Å². The number of esters is 1. The van der Waals surface area contributed by atoms with Gasteiger partial charge in [0.25, 0.3) is 0 Å². The van der Waals surface area contributed by atoms with Gasteiger partial charge in [-0.3, -0.25) is 0 Å². The SMILES string of the molecule is C[N+](C)(C)CCCOC(=O)c1ccc(N)cc1.O=S(=O)([N-]S(=O)(=O)C(F)(F)F)C(F)(F)F. The largest absolute Gasteiger partial charge is 0.480 e. The number of hydrogen-bond donors (Lipinski definition) is 1. The van der Waals surface area contributed by atoms with Crippen molar-refractivity contribution < 1.29 is 57.2 Å². The second-order valence-electron chi connectivity index (χ2n) is 7.04. The van der Waals surface area contributed by atoms with Crippen LogP contribution in [0.5, 0.6) is 0 Å². The van der Waals surface area contributed by atoms with Gasteiger partial charge in [0, 0.05) is 12.1 Å². The number of sulfonamides is 2. The van der Waals surface area contributed by atoms with E-state index in [1.54, 1.807) is 24.3 Å². The number of quaternary nitrogens is 1. The van der Waals surface area contributed by atoms with E-state index >= 15 is 0 Å². The van der Waals surface area contributed by atoms with Crippen LogP contribution in [0.4, 0.5) is 32.0 Å². The molecule has 186 valence electrons. The lowest BCUT2D eigenvalue weighted by Crippen LogP contribution is -2.35. The lowest BCUT2D eigenvalue weighted by Gasteiger charge is -2.23. The zero-order valence-electron chi connectivity index (χ0n) is 16.9. The van der Waals surface area contributed by atoms with Crippen molar-refractivity contribution in [3.05, 3.63) is 34.0 Å². The number of nitrogens with zero attached hydrogens (tertiary/aromatic N) is 2. The third-order valence-corrected chi connectivity index (χ3v) is 5.87. The van der Waals surface area contributed by atoms with Crippen LogP contribution in [0.15, 0.2) is 24.3 Å². The molecular weight excluding hydrogens is 496 g/mol. The molecule has 0 aliphatic heterocycles. The normalized spacial score (nSPS) is 13.2. The lowest BCUT2D eigenvalue weighted by atomic mass is 10.2. The summed E-state index contributed by atoms with van der Waals surface area (Å²) in [5, 5.41) is 0. The molecule has 2 N–H and O–H groups in total. The highest BCUT2D eigenvalue weighted by Gasteiger charge is 2.46. The van der Waals surface area contributed by atoms with Crippen molar-refractivity contribution >= 4 is 31.7 Å². The van der Waals surface area contributed by atoms with Crippen molar-refractivity contribution in [3.8, 4) is 0 Å². The molecule has 1 aromatic rings. The number of hydrogen-bond acceptors (Lipinski definition) is 7. The monoisotopic (exact) mass is 517 g/mol. The minimum absolute atomic E-state index is 0.286. The summed E-state index contributed by atoms with van der Waals surface area (Å²) in [6.45, 7) is 1.44. The quantitative estimate of drug-likeness (QED) is 0.193. The number of halogens is 6. The molecule has 1 aromatic carbocycles. The zero-order valence-corrected chi connectivity index (χ0v) is 18.6. The highest BCUT2D eigenvalue weighted by molar-refractivity contribution is 8.13. The van der Waals surface area contributed by atoms with E-state index in [9.17, 15) is 48.0 Å². The third-order valence-electron chi connectivity index (χ3n) is 3.13. The van der Waals surface area contributed by atoms with Gasteiger partial charge in [-0.25, -0.2) is 21.6 Å². The molecule has 0 amide bonds. The van der Waals surface area contributed by atoms with Gasteiger partial charge in [-0.1, -0.05) is 0 Å². The Kier molecular flexibility index (Phi) is 9.97. The van der Waals surface area contributed by atoms with E-state index in [2.05, 4.69) is 21.1 Å². The summed E-state index contributed by atoms with van der Waals surface area (Å²) in [7, 11) is -7.10. The molecule has 17 heteroatoms. The maximum absolute atomic E-state index is 11.6. The summed E-state index contributed by atoms with van der Waals surface area (Å²) in [5.41, 5.74) is -5.67. The number of benzene rings is 1. The van der Waals surface area contributed by atoms with Crippen LogP contribution in [0.1, 0.15) is 16.8 Å². The first-order valence-electron chi connectivity index (χ1n) is 8.29. The van der Waals surface area contributed by atoms with Crippen molar-refractivity contribution in [3.63, 3.8) is 0 Å². The van der Waals surface area contributed by atoms with Gasteiger partial charge >= 0.3 is 17.0 Å². The van der Waals surface area contributed by atoms with Crippen molar-refractivity contribution in [2.24, 2.45) is 0 Å². The summed E-state index contributed by atoms with van der Waals surface area (Å²) in [4.78, 5) is 11.6. The maximum Gasteiger partial charge on any atom is 0.480 e. The number of nitrogen functional groups attached to an aromatic ring is 1. The number of carbonyl (C=O) groups is 1. The molecule has 1 rings (SSSR count). The van der Waals surface area contributed by atoms with Crippen molar-refractivity contribution in [1.82, 2.24) is 0 Å². The lowest BCUT2D eigenvalue weighted by molar-refractivity contribution is -0.870. The molecule has 9 nitrogen and oxygen atoms in total. The van der Waals surface area contributed by atoms with Crippen LogP contribution in [0.3, 0.4) is 0 Å². The summed E-state index contributed by atoms with van der Waals surface area (Å²) in [6, 6.07) is 6.75. The Labute approximate surface area is 180 Å². The molecule has 0 aromatic heterocycles. The molecule has 0 saturated carbocycles. The zero-order chi connectivity index (χ0) is 25.6. The summed E-state index contributed by atoms with van der Waals surface area (Å²) >= 11 is 0. The van der Waals surface area contributed by atoms with Gasteiger partial charge in [0.1, 0.15) is 0 Å². The fourth-order valence-corrected chi connectivity index (χ4v) is 3.33. The van der Waals surface area contributed by atoms with Gasteiger partial charge in [0.15, 0.2) is 20.0 Å². The van der Waals surface area contributed by atoms with Gasteiger partial charge in [0.2, 0.25) is 0 Å². The minimum Gasteiger partial charge on any atom is -0.462 e. The van der Waals surface area contributed by atoms with E-state index in [4.69, 9.17) is 10.5 Å². The number of ether oxygens (including phenoxy) is 1. The van der Waals surface area contributed by atoms with Crippen LogP contribution >= 0.6 is 0 Å². The number of anilines is 1. The standard InChI is InChI=1S/C13H20N2O2.C2F6NO4S2/c1-15(2,3)9-4-10-17-13(16)11-5-7-12(14)8-6-11;3-1(4,5)14(10,11)9-15(12,13)2(6,7)8/h5-8H,4,9-10H2,1-3H3,(H-,14,16);/q;-1/p+1. The van der Waals surface area contributed by atoms with Gasteiger partial charge < -0.3 is 19.1 Å². The van der Waals surface area contributed by atoms with Crippen molar-refractivity contribution in [1.29, 1.82) is 0 Å². The fraction of sp³-hybridized carbons (Fsp3) is 0.533. The van der Waals surface area contributed by atoms with Crippen LogP contribution in [-0.2, 0) is 24.8 Å². The van der Waals surface area contributed by atoms with Crippen LogP contribution in [0.2, 0.25) is 0 Å². The molecule has 0 saturated heterocycles. The molecule has 0 spiro atoms. The Morgan fingerprint density at radius 1 is 0.938 bits per heavy atom. The molecule has 32 heavy (non-hydrogen) atoms. The number of rotatable bonds is 7. The molecule has 0 heterocycles. The Hall–Kier alpha value is -2.11. The predicted octanol–water partition coefficient (Wildman–Crippen LogP) is 2.58.